The molecule has 0 radical (unpaired) electrons. The summed E-state index contributed by atoms with van der Waals surface area (Å²) >= 11 is 3.39. The van der Waals surface area contributed by atoms with Crippen molar-refractivity contribution in [1.82, 2.24) is 0 Å². The van der Waals surface area contributed by atoms with Gasteiger partial charge in [0.15, 0.2) is 0 Å². The van der Waals surface area contributed by atoms with Crippen molar-refractivity contribution in [3.63, 3.8) is 0 Å². The molecule has 0 spiro atoms. The lowest BCUT2D eigenvalue weighted by Crippen LogP contribution is -2.01. The molecule has 0 saturated carbocycles. The molecule has 0 unspecified atom stereocenters. The van der Waals surface area contributed by atoms with Crippen LogP contribution in [0.3, 0.4) is 0 Å². The lowest BCUT2D eigenvalue weighted by molar-refractivity contribution is 0.299. The van der Waals surface area contributed by atoms with Crippen LogP contribution in [0, 0.1) is 5.92 Å². The maximum absolute atomic E-state index is 5.79. The maximum Gasteiger partial charge on any atom is 0.143 e. The SMILES string of the molecule is CC(C)CCCOc1cc(Br)ccc1N. The zero-order valence-electron chi connectivity index (χ0n) is 9.29. The summed E-state index contributed by atoms with van der Waals surface area (Å²) in [5, 5.41) is 0. The van der Waals surface area contributed by atoms with Crippen LogP contribution in [0.1, 0.15) is 26.7 Å². The summed E-state index contributed by atoms with van der Waals surface area (Å²) in [6.07, 6.45) is 2.26. The largest absolute Gasteiger partial charge is 0.491 e. The molecule has 84 valence electrons. The molecular formula is C12H18BrNO. The van der Waals surface area contributed by atoms with Crippen LogP contribution in [-0.4, -0.2) is 6.61 Å². The highest BCUT2D eigenvalue weighted by molar-refractivity contribution is 9.10. The molecule has 1 aromatic carbocycles. The van der Waals surface area contributed by atoms with E-state index in [4.69, 9.17) is 10.5 Å². The van der Waals surface area contributed by atoms with E-state index in [-0.39, 0.29) is 0 Å². The highest BCUT2D eigenvalue weighted by atomic mass is 79.9. The minimum atomic E-state index is 0.697. The molecule has 0 bridgehead atoms. The first-order valence-corrected chi connectivity index (χ1v) is 6.06. The maximum atomic E-state index is 5.79. The molecule has 0 aliphatic carbocycles. The molecule has 0 aromatic heterocycles. The second-order valence-electron chi connectivity index (χ2n) is 4.07. The zero-order valence-corrected chi connectivity index (χ0v) is 10.9. The summed E-state index contributed by atoms with van der Waals surface area (Å²) in [5.74, 6) is 1.50. The average Bonchev–Trinajstić information content (AvgIpc) is 2.17. The monoisotopic (exact) mass is 271 g/mol. The zero-order chi connectivity index (χ0) is 11.3. The summed E-state index contributed by atoms with van der Waals surface area (Å²) in [5.41, 5.74) is 6.48. The van der Waals surface area contributed by atoms with E-state index in [9.17, 15) is 0 Å². The number of ether oxygens (including phenoxy) is 1. The van der Waals surface area contributed by atoms with Crippen LogP contribution in [0.4, 0.5) is 5.69 Å². The van der Waals surface area contributed by atoms with Crippen molar-refractivity contribution < 1.29 is 4.74 Å². The van der Waals surface area contributed by atoms with Crippen molar-refractivity contribution in [3.05, 3.63) is 22.7 Å². The van der Waals surface area contributed by atoms with Crippen molar-refractivity contribution in [3.8, 4) is 5.75 Å². The summed E-state index contributed by atoms with van der Waals surface area (Å²) in [6.45, 7) is 5.17. The molecule has 0 saturated heterocycles. The number of anilines is 1. The van der Waals surface area contributed by atoms with Crippen molar-refractivity contribution in [2.45, 2.75) is 26.7 Å². The molecule has 1 aromatic rings. The van der Waals surface area contributed by atoms with Crippen LogP contribution in [-0.2, 0) is 0 Å². The first kappa shape index (κ1) is 12.4. The summed E-state index contributed by atoms with van der Waals surface area (Å²) in [4.78, 5) is 0. The van der Waals surface area contributed by atoms with Gasteiger partial charge >= 0.3 is 0 Å². The van der Waals surface area contributed by atoms with E-state index in [1.807, 2.05) is 18.2 Å². The molecule has 15 heavy (non-hydrogen) atoms. The van der Waals surface area contributed by atoms with Gasteiger partial charge in [-0.15, -0.1) is 0 Å². The predicted octanol–water partition coefficient (Wildman–Crippen LogP) is 3.85. The number of nitrogen functional groups attached to an aromatic ring is 1. The van der Waals surface area contributed by atoms with Crippen LogP contribution < -0.4 is 10.5 Å². The normalized spacial score (nSPS) is 10.7. The Labute approximate surface area is 99.9 Å². The van der Waals surface area contributed by atoms with Gasteiger partial charge in [0, 0.05) is 4.47 Å². The van der Waals surface area contributed by atoms with Crippen LogP contribution in [0.25, 0.3) is 0 Å². The van der Waals surface area contributed by atoms with E-state index in [0.29, 0.717) is 5.69 Å². The molecule has 0 aliphatic heterocycles. The van der Waals surface area contributed by atoms with E-state index < -0.39 is 0 Å². The lowest BCUT2D eigenvalue weighted by Gasteiger charge is -2.10. The summed E-state index contributed by atoms with van der Waals surface area (Å²) in [7, 11) is 0. The minimum absolute atomic E-state index is 0.697. The number of hydrogen-bond donors (Lipinski definition) is 1. The Balaban J connectivity index is 2.40. The Morgan fingerprint density at radius 1 is 1.40 bits per heavy atom. The van der Waals surface area contributed by atoms with Gasteiger partial charge < -0.3 is 10.5 Å². The fourth-order valence-corrected chi connectivity index (χ4v) is 1.65. The van der Waals surface area contributed by atoms with Gasteiger partial charge in [-0.1, -0.05) is 29.8 Å². The van der Waals surface area contributed by atoms with Gasteiger partial charge in [-0.2, -0.15) is 0 Å². The van der Waals surface area contributed by atoms with E-state index in [2.05, 4.69) is 29.8 Å². The molecule has 3 heteroatoms. The second-order valence-corrected chi connectivity index (χ2v) is 4.98. The highest BCUT2D eigenvalue weighted by Gasteiger charge is 2.01. The number of rotatable bonds is 5. The third-order valence-corrected chi connectivity index (χ3v) is 2.65. The van der Waals surface area contributed by atoms with E-state index >= 15 is 0 Å². The molecule has 0 atom stereocenters. The number of halogens is 1. The van der Waals surface area contributed by atoms with Gasteiger partial charge in [0.1, 0.15) is 5.75 Å². The van der Waals surface area contributed by atoms with Crippen molar-refractivity contribution in [2.75, 3.05) is 12.3 Å². The molecule has 0 heterocycles. The van der Waals surface area contributed by atoms with Gasteiger partial charge in [-0.3, -0.25) is 0 Å². The van der Waals surface area contributed by atoms with Gasteiger partial charge in [0.25, 0.3) is 0 Å². The molecule has 2 nitrogen and oxygen atoms in total. The third-order valence-electron chi connectivity index (χ3n) is 2.16. The van der Waals surface area contributed by atoms with Crippen molar-refractivity contribution in [2.24, 2.45) is 5.92 Å². The first-order valence-electron chi connectivity index (χ1n) is 5.27. The lowest BCUT2D eigenvalue weighted by atomic mass is 10.1. The standard InChI is InChI=1S/C12H18BrNO/c1-9(2)4-3-7-15-12-8-10(13)5-6-11(12)14/h5-6,8-9H,3-4,7,14H2,1-2H3. The van der Waals surface area contributed by atoms with Gasteiger partial charge in [0.05, 0.1) is 12.3 Å². The number of nitrogens with two attached hydrogens (primary N) is 1. The minimum Gasteiger partial charge on any atom is -0.491 e. The second kappa shape index (κ2) is 6.01. The molecule has 0 fully saturated rings. The Hall–Kier alpha value is -0.700. The van der Waals surface area contributed by atoms with Crippen LogP contribution >= 0.6 is 15.9 Å². The van der Waals surface area contributed by atoms with Gasteiger partial charge in [-0.25, -0.2) is 0 Å². The van der Waals surface area contributed by atoms with Crippen molar-refractivity contribution >= 4 is 21.6 Å². The number of benzene rings is 1. The average molecular weight is 272 g/mol. The summed E-state index contributed by atoms with van der Waals surface area (Å²) < 4.78 is 6.61. The van der Waals surface area contributed by atoms with E-state index in [1.165, 1.54) is 6.42 Å². The first-order chi connectivity index (χ1) is 7.09. The molecular weight excluding hydrogens is 254 g/mol. The van der Waals surface area contributed by atoms with Gasteiger partial charge in [-0.05, 0) is 37.0 Å². The topological polar surface area (TPSA) is 35.2 Å². The fraction of sp³-hybridized carbons (Fsp3) is 0.500. The molecule has 0 aliphatic rings. The van der Waals surface area contributed by atoms with E-state index in [1.54, 1.807) is 0 Å². The molecule has 2 N–H and O–H groups in total. The smallest absolute Gasteiger partial charge is 0.143 e. The molecule has 1 rings (SSSR count). The fourth-order valence-electron chi connectivity index (χ4n) is 1.31. The summed E-state index contributed by atoms with van der Waals surface area (Å²) in [6, 6.07) is 5.67. The third kappa shape index (κ3) is 4.56. The Bertz CT molecular complexity index is 312. The Kier molecular flexibility index (Phi) is 4.95. The van der Waals surface area contributed by atoms with Crippen LogP contribution in [0.15, 0.2) is 22.7 Å². The number of hydrogen-bond acceptors (Lipinski definition) is 2. The quantitative estimate of drug-likeness (QED) is 0.652. The highest BCUT2D eigenvalue weighted by Crippen LogP contribution is 2.25. The molecule has 0 amide bonds. The van der Waals surface area contributed by atoms with Crippen LogP contribution in [0.5, 0.6) is 5.75 Å². The van der Waals surface area contributed by atoms with E-state index in [0.717, 1.165) is 29.2 Å². The van der Waals surface area contributed by atoms with Crippen LogP contribution in [0.2, 0.25) is 0 Å². The Morgan fingerprint density at radius 2 is 2.13 bits per heavy atom. The van der Waals surface area contributed by atoms with Crippen molar-refractivity contribution in [1.29, 1.82) is 0 Å². The Morgan fingerprint density at radius 3 is 2.80 bits per heavy atom. The predicted molar refractivity (Wildman–Crippen MR) is 68.1 cm³/mol. The van der Waals surface area contributed by atoms with Gasteiger partial charge in [0.2, 0.25) is 0 Å².